The molecule has 2 aliphatic heterocycles. The molecule has 19 heavy (non-hydrogen) atoms. The third-order valence-electron chi connectivity index (χ3n) is 3.27. The molecular weight excluding hydrogens is 248 g/mol. The quantitative estimate of drug-likeness (QED) is 0.828. The maximum Gasteiger partial charge on any atom is 0.238 e. The van der Waals surface area contributed by atoms with Crippen molar-refractivity contribution in [2.75, 3.05) is 31.7 Å². The highest BCUT2D eigenvalue weighted by Crippen LogP contribution is 2.34. The predicted octanol–water partition coefficient (Wildman–Crippen LogP) is 0.420. The number of nitrogens with zero attached hydrogens (tertiary/aromatic N) is 1. The van der Waals surface area contributed by atoms with E-state index in [0.29, 0.717) is 30.3 Å². The first-order valence-corrected chi connectivity index (χ1v) is 6.30. The van der Waals surface area contributed by atoms with E-state index in [1.165, 1.54) is 0 Å². The zero-order chi connectivity index (χ0) is 13.2. The van der Waals surface area contributed by atoms with Crippen LogP contribution in [0.1, 0.15) is 6.42 Å². The second kappa shape index (κ2) is 5.07. The number of aliphatic hydroxyl groups excluding tert-OH is 1. The lowest BCUT2D eigenvalue weighted by Gasteiger charge is -2.14. The van der Waals surface area contributed by atoms with Crippen LogP contribution in [0.2, 0.25) is 0 Å². The molecule has 0 aliphatic carbocycles. The van der Waals surface area contributed by atoms with Gasteiger partial charge in [-0.25, -0.2) is 0 Å². The number of ether oxygens (including phenoxy) is 2. The van der Waals surface area contributed by atoms with Gasteiger partial charge in [0.1, 0.15) is 0 Å². The third-order valence-corrected chi connectivity index (χ3v) is 3.27. The Morgan fingerprint density at radius 3 is 3.05 bits per heavy atom. The molecule has 2 N–H and O–H groups in total. The highest BCUT2D eigenvalue weighted by Gasteiger charge is 2.22. The molecule has 2 heterocycles. The molecule has 6 nitrogen and oxygen atoms in total. The molecule has 1 unspecified atom stereocenters. The molecule has 1 aromatic rings. The average Bonchev–Trinajstić information content (AvgIpc) is 2.97. The van der Waals surface area contributed by atoms with Crippen LogP contribution in [-0.2, 0) is 4.79 Å². The molecule has 102 valence electrons. The van der Waals surface area contributed by atoms with Gasteiger partial charge in [-0.05, 0) is 18.6 Å². The number of amides is 1. The molecule has 0 bridgehead atoms. The Hall–Kier alpha value is -1.79. The summed E-state index contributed by atoms with van der Waals surface area (Å²) in [4.78, 5) is 13.8. The van der Waals surface area contributed by atoms with Gasteiger partial charge >= 0.3 is 0 Å². The van der Waals surface area contributed by atoms with Crippen LogP contribution in [0, 0.1) is 0 Å². The van der Waals surface area contributed by atoms with Crippen molar-refractivity contribution in [3.63, 3.8) is 0 Å². The van der Waals surface area contributed by atoms with Crippen molar-refractivity contribution in [1.29, 1.82) is 0 Å². The maximum atomic E-state index is 11.9. The molecule has 1 atom stereocenters. The maximum absolute atomic E-state index is 11.9. The summed E-state index contributed by atoms with van der Waals surface area (Å²) in [5.41, 5.74) is 0.689. The van der Waals surface area contributed by atoms with Crippen molar-refractivity contribution in [2.45, 2.75) is 12.5 Å². The Bertz CT molecular complexity index is 492. The van der Waals surface area contributed by atoms with E-state index in [0.717, 1.165) is 13.0 Å². The number of rotatable bonds is 3. The number of anilines is 1. The Balaban J connectivity index is 1.57. The van der Waals surface area contributed by atoms with E-state index in [-0.39, 0.29) is 18.8 Å². The van der Waals surface area contributed by atoms with Crippen molar-refractivity contribution >= 4 is 11.6 Å². The number of benzene rings is 1. The lowest BCUT2D eigenvalue weighted by Crippen LogP contribution is -2.32. The second-order valence-electron chi connectivity index (χ2n) is 4.79. The highest BCUT2D eigenvalue weighted by atomic mass is 16.7. The molecular formula is C13H16N2O4. The minimum absolute atomic E-state index is 0.0898. The minimum Gasteiger partial charge on any atom is -0.454 e. The van der Waals surface area contributed by atoms with E-state index in [2.05, 4.69) is 5.32 Å². The summed E-state index contributed by atoms with van der Waals surface area (Å²) in [6.07, 6.45) is 0.426. The molecule has 0 aromatic heterocycles. The summed E-state index contributed by atoms with van der Waals surface area (Å²) >= 11 is 0. The summed E-state index contributed by atoms with van der Waals surface area (Å²) in [6.45, 7) is 1.84. The Morgan fingerprint density at radius 1 is 1.42 bits per heavy atom. The van der Waals surface area contributed by atoms with Gasteiger partial charge in [-0.3, -0.25) is 9.69 Å². The Labute approximate surface area is 110 Å². The molecule has 0 spiro atoms. The molecule has 1 amide bonds. The van der Waals surface area contributed by atoms with Crippen molar-refractivity contribution in [3.8, 4) is 11.5 Å². The second-order valence-corrected chi connectivity index (χ2v) is 4.79. The van der Waals surface area contributed by atoms with Crippen LogP contribution in [0.3, 0.4) is 0 Å². The van der Waals surface area contributed by atoms with E-state index in [1.807, 2.05) is 4.90 Å². The summed E-state index contributed by atoms with van der Waals surface area (Å²) in [7, 11) is 0. The molecule has 3 rings (SSSR count). The van der Waals surface area contributed by atoms with Gasteiger partial charge in [0, 0.05) is 24.8 Å². The summed E-state index contributed by atoms with van der Waals surface area (Å²) in [5, 5.41) is 12.2. The lowest BCUT2D eigenvalue weighted by molar-refractivity contribution is -0.117. The largest absolute Gasteiger partial charge is 0.454 e. The van der Waals surface area contributed by atoms with Crippen LogP contribution >= 0.6 is 0 Å². The normalized spacial score (nSPS) is 21.6. The standard InChI is InChI=1S/C13H16N2O4/c16-10-3-4-15(6-10)7-13(17)14-9-1-2-11-12(5-9)19-8-18-11/h1-2,5,10,16H,3-4,6-8H2,(H,14,17). The molecule has 2 aliphatic rings. The average molecular weight is 264 g/mol. The van der Waals surface area contributed by atoms with Gasteiger partial charge in [0.25, 0.3) is 0 Å². The molecule has 6 heteroatoms. The van der Waals surface area contributed by atoms with Gasteiger partial charge in [0.2, 0.25) is 12.7 Å². The molecule has 1 fully saturated rings. The number of likely N-dealkylation sites (tertiary alicyclic amines) is 1. The minimum atomic E-state index is -0.307. The number of hydrogen-bond donors (Lipinski definition) is 2. The van der Waals surface area contributed by atoms with E-state index < -0.39 is 0 Å². The van der Waals surface area contributed by atoms with Gasteiger partial charge in [-0.15, -0.1) is 0 Å². The van der Waals surface area contributed by atoms with Crippen LogP contribution in [0.4, 0.5) is 5.69 Å². The van der Waals surface area contributed by atoms with Crippen LogP contribution in [0.25, 0.3) is 0 Å². The number of hydrogen-bond acceptors (Lipinski definition) is 5. The van der Waals surface area contributed by atoms with Gasteiger partial charge in [-0.1, -0.05) is 0 Å². The molecule has 0 saturated carbocycles. The van der Waals surface area contributed by atoms with Crippen molar-refractivity contribution in [2.24, 2.45) is 0 Å². The molecule has 1 saturated heterocycles. The van der Waals surface area contributed by atoms with E-state index in [1.54, 1.807) is 18.2 Å². The van der Waals surface area contributed by atoms with Gasteiger partial charge < -0.3 is 19.9 Å². The Morgan fingerprint density at radius 2 is 2.26 bits per heavy atom. The molecule has 0 radical (unpaired) electrons. The number of nitrogens with one attached hydrogen (secondary N) is 1. The smallest absolute Gasteiger partial charge is 0.238 e. The number of β-amino-alcohol motifs (C(OH)–C–C–N with tert-alkyl or cyclic N) is 1. The predicted molar refractivity (Wildman–Crippen MR) is 68.3 cm³/mol. The summed E-state index contributed by atoms with van der Waals surface area (Å²) in [5.74, 6) is 1.25. The lowest BCUT2D eigenvalue weighted by atomic mass is 10.2. The first-order chi connectivity index (χ1) is 9.20. The van der Waals surface area contributed by atoms with Gasteiger partial charge in [-0.2, -0.15) is 0 Å². The van der Waals surface area contributed by atoms with E-state index >= 15 is 0 Å². The first kappa shape index (κ1) is 12.3. The fourth-order valence-corrected chi connectivity index (χ4v) is 2.33. The Kier molecular flexibility index (Phi) is 3.27. The van der Waals surface area contributed by atoms with Gasteiger partial charge in [0.05, 0.1) is 12.6 Å². The highest BCUT2D eigenvalue weighted by molar-refractivity contribution is 5.92. The SMILES string of the molecule is O=C(CN1CCC(O)C1)Nc1ccc2c(c1)OCO2. The zero-order valence-electron chi connectivity index (χ0n) is 10.5. The summed E-state index contributed by atoms with van der Waals surface area (Å²) < 4.78 is 10.5. The van der Waals surface area contributed by atoms with E-state index in [9.17, 15) is 9.90 Å². The number of aliphatic hydroxyl groups is 1. The number of fused-ring (bicyclic) bond motifs is 1. The third kappa shape index (κ3) is 2.80. The zero-order valence-corrected chi connectivity index (χ0v) is 10.5. The fourth-order valence-electron chi connectivity index (χ4n) is 2.33. The van der Waals surface area contributed by atoms with Crippen LogP contribution in [0.5, 0.6) is 11.5 Å². The van der Waals surface area contributed by atoms with Crippen LogP contribution in [0.15, 0.2) is 18.2 Å². The van der Waals surface area contributed by atoms with Crippen LogP contribution < -0.4 is 14.8 Å². The van der Waals surface area contributed by atoms with Crippen LogP contribution in [-0.4, -0.2) is 48.4 Å². The van der Waals surface area contributed by atoms with Gasteiger partial charge in [0.15, 0.2) is 11.5 Å². The van der Waals surface area contributed by atoms with Crippen molar-refractivity contribution < 1.29 is 19.4 Å². The summed E-state index contributed by atoms with van der Waals surface area (Å²) in [6, 6.07) is 5.31. The van der Waals surface area contributed by atoms with Crippen molar-refractivity contribution in [3.05, 3.63) is 18.2 Å². The molecule has 1 aromatic carbocycles. The first-order valence-electron chi connectivity index (χ1n) is 6.30. The topological polar surface area (TPSA) is 71.0 Å². The van der Waals surface area contributed by atoms with E-state index in [4.69, 9.17) is 9.47 Å². The van der Waals surface area contributed by atoms with Crippen molar-refractivity contribution in [1.82, 2.24) is 4.90 Å². The number of carbonyl (C=O) groups is 1. The fraction of sp³-hybridized carbons (Fsp3) is 0.462. The monoisotopic (exact) mass is 264 g/mol. The number of carbonyl (C=O) groups excluding carboxylic acids is 1.